The predicted molar refractivity (Wildman–Crippen MR) is 172 cm³/mol. The van der Waals surface area contributed by atoms with Gasteiger partial charge in [0.2, 0.25) is 11.8 Å². The van der Waals surface area contributed by atoms with Crippen LogP contribution in [0.1, 0.15) is 98.3 Å². The fraction of sp³-hybridized carbons (Fsp3) is 0.944. The van der Waals surface area contributed by atoms with Gasteiger partial charge in [-0.2, -0.15) is 0 Å². The highest BCUT2D eigenvalue weighted by molar-refractivity contribution is 5.96. The average molecular weight is 612 g/mol. The Morgan fingerprint density at radius 1 is 0.886 bits per heavy atom. The normalized spacial score (nSPS) is 49.1. The monoisotopic (exact) mass is 611 g/mol. The van der Waals surface area contributed by atoms with E-state index in [2.05, 4.69) is 60.5 Å². The number of ether oxygens (including phenoxy) is 1. The number of nitrogens with one attached hydrogen (secondary N) is 3. The Balaban J connectivity index is 0.927. The van der Waals surface area contributed by atoms with Crippen molar-refractivity contribution in [1.82, 2.24) is 25.8 Å². The number of carbonyl (C=O) groups excluding carboxylic acids is 2. The van der Waals surface area contributed by atoms with Gasteiger partial charge in [0.25, 0.3) is 0 Å². The summed E-state index contributed by atoms with van der Waals surface area (Å²) in [4.78, 5) is 30.0. The number of likely N-dealkylation sites (N-methyl/N-ethyl adjacent to an activating group) is 1. The van der Waals surface area contributed by atoms with Gasteiger partial charge in [-0.05, 0) is 118 Å². The third kappa shape index (κ3) is 5.35. The van der Waals surface area contributed by atoms with Crippen LogP contribution in [0.5, 0.6) is 0 Å². The number of hydrogen-bond acceptors (Lipinski definition) is 6. The highest BCUT2D eigenvalue weighted by Crippen LogP contribution is 2.71. The van der Waals surface area contributed by atoms with Gasteiger partial charge in [-0.15, -0.1) is 0 Å². The van der Waals surface area contributed by atoms with E-state index in [1.54, 1.807) is 0 Å². The number of carbonyl (C=O) groups is 2. The molecule has 3 N–H and O–H groups in total. The van der Waals surface area contributed by atoms with Gasteiger partial charge in [0.1, 0.15) is 12.1 Å². The smallest absolute Gasteiger partial charge is 0.230 e. The van der Waals surface area contributed by atoms with E-state index in [0.29, 0.717) is 41.4 Å². The summed E-state index contributed by atoms with van der Waals surface area (Å²) in [6, 6.07) is 0.207. The summed E-state index contributed by atoms with van der Waals surface area (Å²) in [6.07, 6.45) is 12.8. The molecule has 3 aliphatic heterocycles. The third-order valence-electron chi connectivity index (χ3n) is 14.9. The van der Waals surface area contributed by atoms with Crippen molar-refractivity contribution in [2.24, 2.45) is 52.3 Å². The first-order chi connectivity index (χ1) is 21.0. The van der Waals surface area contributed by atoms with Crippen molar-refractivity contribution in [3.8, 4) is 0 Å². The van der Waals surface area contributed by atoms with E-state index in [0.717, 1.165) is 69.2 Å². The van der Waals surface area contributed by atoms with Crippen molar-refractivity contribution in [2.45, 2.75) is 116 Å². The number of piperidine rings is 1. The minimum Gasteiger partial charge on any atom is -0.357 e. The summed E-state index contributed by atoms with van der Waals surface area (Å²) in [6.45, 7) is 15.7. The number of piperazine rings is 1. The van der Waals surface area contributed by atoms with Crippen molar-refractivity contribution in [2.75, 3.05) is 46.4 Å². The minimum absolute atomic E-state index is 0.0597. The van der Waals surface area contributed by atoms with E-state index in [1.807, 2.05) is 0 Å². The zero-order valence-electron chi connectivity index (χ0n) is 28.3. The number of hydrogen-bond donors (Lipinski definition) is 3. The molecule has 248 valence electrons. The first-order valence-corrected chi connectivity index (χ1v) is 18.4. The first-order valence-electron chi connectivity index (χ1n) is 18.4. The second-order valence-corrected chi connectivity index (χ2v) is 17.2. The van der Waals surface area contributed by atoms with E-state index < -0.39 is 0 Å². The summed E-state index contributed by atoms with van der Waals surface area (Å²) in [5, 5.41) is 10.2. The predicted octanol–water partition coefficient (Wildman–Crippen LogP) is 4.20. The molecule has 3 saturated heterocycles. The van der Waals surface area contributed by atoms with Crippen LogP contribution in [-0.2, 0) is 14.3 Å². The first kappa shape index (κ1) is 31.4. The molecule has 0 aromatic heterocycles. The molecule has 8 heteroatoms. The molecule has 7 rings (SSSR count). The molecule has 7 fully saturated rings. The van der Waals surface area contributed by atoms with Gasteiger partial charge in [-0.25, -0.2) is 0 Å². The van der Waals surface area contributed by atoms with Crippen LogP contribution in [0.3, 0.4) is 0 Å². The Hall–Kier alpha value is -1.22. The molecule has 7 aliphatic rings. The molecule has 0 radical (unpaired) electrons. The van der Waals surface area contributed by atoms with Crippen LogP contribution < -0.4 is 16.0 Å². The summed E-state index contributed by atoms with van der Waals surface area (Å²) < 4.78 is 7.09. The lowest BCUT2D eigenvalue weighted by Crippen LogP contribution is -2.58. The molecule has 0 aromatic rings. The lowest BCUT2D eigenvalue weighted by atomic mass is 9.44. The number of nitrogens with zero attached hydrogens (tertiary/aromatic N) is 2. The largest absolute Gasteiger partial charge is 0.357 e. The topological polar surface area (TPSA) is 85.9 Å². The maximum atomic E-state index is 12.9. The number of amides is 2. The highest BCUT2D eigenvalue weighted by atomic mass is 16.5. The summed E-state index contributed by atoms with van der Waals surface area (Å²) in [5.41, 5.74) is 0.695. The second-order valence-electron chi connectivity index (χ2n) is 17.2. The molecule has 3 heterocycles. The third-order valence-corrected chi connectivity index (χ3v) is 14.9. The van der Waals surface area contributed by atoms with E-state index in [-0.39, 0.29) is 30.0 Å². The molecule has 0 unspecified atom stereocenters. The van der Waals surface area contributed by atoms with Crippen molar-refractivity contribution in [1.29, 1.82) is 0 Å². The maximum absolute atomic E-state index is 12.9. The average Bonchev–Trinajstić information content (AvgIpc) is 3.44. The quantitative estimate of drug-likeness (QED) is 0.404. The Bertz CT molecular complexity index is 1090. The molecule has 44 heavy (non-hydrogen) atoms. The Labute approximate surface area is 266 Å². The van der Waals surface area contributed by atoms with Crippen LogP contribution in [0.4, 0.5) is 0 Å². The zero-order valence-corrected chi connectivity index (χ0v) is 28.3. The molecular weight excluding hydrogens is 550 g/mol. The van der Waals surface area contributed by atoms with Gasteiger partial charge in [0, 0.05) is 44.7 Å². The van der Waals surface area contributed by atoms with Crippen molar-refractivity contribution < 1.29 is 14.3 Å². The van der Waals surface area contributed by atoms with E-state index in [4.69, 9.17) is 4.74 Å². The van der Waals surface area contributed by atoms with Gasteiger partial charge < -0.3 is 20.3 Å². The van der Waals surface area contributed by atoms with Crippen LogP contribution in [0.2, 0.25) is 0 Å². The number of fused-ring (bicyclic) bond motifs is 7. The standard InChI is InChI=1S/C36H61N5O3/c1-23-8-13-36(38-21-23)24(2)33-30(44-36)19-29-27-7-6-25-18-26(9-11-34(25,3)28(27)10-12-35(29,33)4)39-32(43)20-31(42)37-22-41-16-14-40(5)15-17-41/h23-30,33,38H,6-22H2,1-5H3,(H,37,42)(H,39,43)/t23-,24+,25-,26-,27-,28+,29+,30+,33+,34+,35+,36-/m1/s1. The second kappa shape index (κ2) is 11.8. The molecule has 12 atom stereocenters. The molecule has 8 nitrogen and oxygen atoms in total. The fourth-order valence-electron chi connectivity index (χ4n) is 12.3. The van der Waals surface area contributed by atoms with Gasteiger partial charge in [-0.1, -0.05) is 27.7 Å². The van der Waals surface area contributed by atoms with Crippen molar-refractivity contribution >= 4 is 11.8 Å². The van der Waals surface area contributed by atoms with E-state index >= 15 is 0 Å². The molecule has 2 amide bonds. The highest BCUT2D eigenvalue weighted by Gasteiger charge is 2.68. The zero-order chi connectivity index (χ0) is 30.9. The van der Waals surface area contributed by atoms with E-state index in [9.17, 15) is 9.59 Å². The SMILES string of the molecule is C[C@@H]1CC[C@@]2(NC1)O[C@H]1C[C@H]3[C@@H]4CC[C@@H]5C[C@H](NC(=O)CC(=O)NCN6CCN(C)CC6)CC[C@]5(C)[C@H]4CC[C@]3(C)[C@H]1[C@@H]2C. The summed E-state index contributed by atoms with van der Waals surface area (Å²) in [5.74, 6) is 4.84. The molecule has 4 saturated carbocycles. The Kier molecular flexibility index (Phi) is 8.41. The molecule has 0 bridgehead atoms. The Morgan fingerprint density at radius 2 is 1.66 bits per heavy atom. The maximum Gasteiger partial charge on any atom is 0.230 e. The van der Waals surface area contributed by atoms with Crippen molar-refractivity contribution in [3.05, 3.63) is 0 Å². The minimum atomic E-state index is -0.160. The lowest BCUT2D eigenvalue weighted by molar-refractivity contribution is -0.137. The van der Waals surface area contributed by atoms with Crippen LogP contribution in [0.15, 0.2) is 0 Å². The van der Waals surface area contributed by atoms with Gasteiger partial charge in [0.15, 0.2) is 0 Å². The van der Waals surface area contributed by atoms with Gasteiger partial charge >= 0.3 is 0 Å². The van der Waals surface area contributed by atoms with E-state index in [1.165, 1.54) is 51.4 Å². The molecular formula is C36H61N5O3. The van der Waals surface area contributed by atoms with Crippen LogP contribution in [0.25, 0.3) is 0 Å². The number of rotatable bonds is 5. The molecule has 1 spiro atoms. The lowest BCUT2D eigenvalue weighted by Gasteiger charge is -2.61. The Morgan fingerprint density at radius 3 is 2.41 bits per heavy atom. The molecule has 0 aromatic carbocycles. The van der Waals surface area contributed by atoms with Crippen LogP contribution in [0, 0.1) is 52.3 Å². The van der Waals surface area contributed by atoms with Crippen molar-refractivity contribution in [3.63, 3.8) is 0 Å². The molecule has 4 aliphatic carbocycles. The van der Waals surface area contributed by atoms with Crippen LogP contribution in [-0.4, -0.2) is 85.9 Å². The fourth-order valence-corrected chi connectivity index (χ4v) is 12.3. The van der Waals surface area contributed by atoms with Gasteiger partial charge in [0.05, 0.1) is 12.8 Å². The summed E-state index contributed by atoms with van der Waals surface area (Å²) in [7, 11) is 2.13. The van der Waals surface area contributed by atoms with Crippen LogP contribution >= 0.6 is 0 Å². The summed E-state index contributed by atoms with van der Waals surface area (Å²) >= 11 is 0. The van der Waals surface area contributed by atoms with Gasteiger partial charge in [-0.3, -0.25) is 19.8 Å².